The van der Waals surface area contributed by atoms with Gasteiger partial charge in [0.2, 0.25) is 17.7 Å². The van der Waals surface area contributed by atoms with Crippen molar-refractivity contribution in [2.45, 2.75) is 62.1 Å². The van der Waals surface area contributed by atoms with Crippen LogP contribution in [0.5, 0.6) is 0 Å². The van der Waals surface area contributed by atoms with E-state index >= 15 is 0 Å². The van der Waals surface area contributed by atoms with Crippen molar-refractivity contribution in [2.24, 2.45) is 17.8 Å². The molecule has 9 nitrogen and oxygen atoms in total. The number of thioether (sulfide) groups is 1. The molecule has 5 aliphatic rings. The summed E-state index contributed by atoms with van der Waals surface area (Å²) < 4.78 is 4.00. The summed E-state index contributed by atoms with van der Waals surface area (Å²) in [4.78, 5) is 51.1. The highest BCUT2D eigenvalue weighted by molar-refractivity contribution is 8.02. The van der Waals surface area contributed by atoms with Crippen molar-refractivity contribution >= 4 is 29.5 Å². The summed E-state index contributed by atoms with van der Waals surface area (Å²) in [5.41, 5.74) is 0. The number of hydrogen-bond donors (Lipinski definition) is 1. The Kier molecular flexibility index (Phi) is 8.72. The van der Waals surface area contributed by atoms with E-state index in [0.717, 1.165) is 32.5 Å². The van der Waals surface area contributed by atoms with E-state index in [9.17, 15) is 19.5 Å². The number of carbonyl (C=O) groups excluding carboxylic acids is 3. The molecule has 1 N–H and O–H groups in total. The molecule has 5 aliphatic heterocycles. The van der Waals surface area contributed by atoms with Gasteiger partial charge >= 0.3 is 0 Å². The number of ether oxygens (including phenoxy) is 1. The molecular weight excluding hydrogens is 528 g/mol. The average molecular weight is 575 g/mol. The normalized spacial score (nSPS) is 35.9. The van der Waals surface area contributed by atoms with Gasteiger partial charge in [-0.1, -0.05) is 51.5 Å². The largest absolute Gasteiger partial charge is 0.394 e. The zero-order chi connectivity index (χ0) is 28.7. The third-order valence-electron chi connectivity index (χ3n) is 9.79. The van der Waals surface area contributed by atoms with Crippen LogP contribution in [0.3, 0.4) is 0 Å². The molecule has 0 aliphatic carbocycles. The highest BCUT2D eigenvalue weighted by Gasteiger charge is 2.74. The van der Waals surface area contributed by atoms with Crippen molar-refractivity contribution < 1.29 is 24.2 Å². The van der Waals surface area contributed by atoms with E-state index in [1.165, 1.54) is 0 Å². The van der Waals surface area contributed by atoms with Gasteiger partial charge in [0.25, 0.3) is 0 Å². The Morgan fingerprint density at radius 3 is 2.30 bits per heavy atom. The number of rotatable bonds is 9. The minimum absolute atomic E-state index is 0.00367. The highest BCUT2D eigenvalue weighted by atomic mass is 32.2. The molecule has 0 aromatic rings. The van der Waals surface area contributed by atoms with Gasteiger partial charge < -0.3 is 24.5 Å². The third-order valence-corrected chi connectivity index (χ3v) is 11.6. The molecule has 3 fully saturated rings. The molecular formula is C30H46N4O5S. The summed E-state index contributed by atoms with van der Waals surface area (Å²) in [6.45, 7) is 14.0. The van der Waals surface area contributed by atoms with Crippen molar-refractivity contribution in [1.82, 2.24) is 19.6 Å². The molecule has 1 spiro atoms. The molecule has 5 heterocycles. The fourth-order valence-electron chi connectivity index (χ4n) is 7.49. The minimum Gasteiger partial charge on any atom is -0.394 e. The number of hydrogen-bond acceptors (Lipinski definition) is 7. The van der Waals surface area contributed by atoms with Crippen LogP contribution >= 0.6 is 11.8 Å². The summed E-state index contributed by atoms with van der Waals surface area (Å²) >= 11 is 1.62. The van der Waals surface area contributed by atoms with Crippen molar-refractivity contribution in [3.05, 3.63) is 24.3 Å². The molecule has 0 aromatic heterocycles. The zero-order valence-electron chi connectivity index (χ0n) is 24.5. The first-order chi connectivity index (χ1) is 19.2. The molecule has 3 amide bonds. The van der Waals surface area contributed by atoms with Crippen LogP contribution in [0, 0.1) is 17.8 Å². The Hall–Kier alpha value is -1.88. The quantitative estimate of drug-likeness (QED) is 0.419. The van der Waals surface area contributed by atoms with Crippen molar-refractivity contribution in [3.63, 3.8) is 0 Å². The van der Waals surface area contributed by atoms with E-state index in [1.807, 2.05) is 29.7 Å². The molecule has 3 saturated heterocycles. The molecule has 10 heteroatoms. The molecule has 40 heavy (non-hydrogen) atoms. The first-order valence-corrected chi connectivity index (χ1v) is 15.9. The van der Waals surface area contributed by atoms with E-state index in [2.05, 4.69) is 37.0 Å². The average Bonchev–Trinajstić information content (AvgIpc) is 3.22. The minimum atomic E-state index is -0.878. The summed E-state index contributed by atoms with van der Waals surface area (Å²) in [7, 11) is 0. The van der Waals surface area contributed by atoms with Gasteiger partial charge in [-0.05, 0) is 19.3 Å². The molecule has 222 valence electrons. The van der Waals surface area contributed by atoms with E-state index < -0.39 is 33.4 Å². The topological polar surface area (TPSA) is 93.6 Å². The highest BCUT2D eigenvalue weighted by Crippen LogP contribution is 2.66. The maximum atomic E-state index is 14.6. The Morgan fingerprint density at radius 1 is 0.975 bits per heavy atom. The lowest BCUT2D eigenvalue weighted by molar-refractivity contribution is -0.148. The number of carbonyl (C=O) groups is 3. The predicted molar refractivity (Wildman–Crippen MR) is 156 cm³/mol. The van der Waals surface area contributed by atoms with Gasteiger partial charge in [0.05, 0.1) is 42.4 Å². The second-order valence-electron chi connectivity index (χ2n) is 12.2. The van der Waals surface area contributed by atoms with E-state index in [4.69, 9.17) is 4.74 Å². The number of nitrogens with zero attached hydrogens (tertiary/aromatic N) is 4. The number of morpholine rings is 1. The van der Waals surface area contributed by atoms with Crippen LogP contribution in [0.15, 0.2) is 24.3 Å². The Labute approximate surface area is 242 Å². The lowest BCUT2D eigenvalue weighted by atomic mass is 9.74. The Balaban J connectivity index is 1.56. The fraction of sp³-hybridized carbons (Fsp3) is 0.767. The molecule has 0 radical (unpaired) electrons. The van der Waals surface area contributed by atoms with Gasteiger partial charge in [-0.25, -0.2) is 0 Å². The van der Waals surface area contributed by atoms with Crippen LogP contribution in [-0.4, -0.2) is 130 Å². The first-order valence-electron chi connectivity index (χ1n) is 15.1. The number of fused-ring (bicyclic) bond motifs is 2. The van der Waals surface area contributed by atoms with Crippen molar-refractivity contribution in [1.29, 1.82) is 0 Å². The molecule has 1 unspecified atom stereocenters. The van der Waals surface area contributed by atoms with Crippen LogP contribution in [0.2, 0.25) is 0 Å². The second kappa shape index (κ2) is 11.8. The van der Waals surface area contributed by atoms with Gasteiger partial charge in [-0.2, -0.15) is 0 Å². The van der Waals surface area contributed by atoms with Crippen LogP contribution in [0.4, 0.5) is 0 Å². The monoisotopic (exact) mass is 574 g/mol. The van der Waals surface area contributed by atoms with Gasteiger partial charge in [0.1, 0.15) is 6.04 Å². The van der Waals surface area contributed by atoms with Crippen LogP contribution in [0.25, 0.3) is 0 Å². The number of likely N-dealkylation sites (tertiary alicyclic amines) is 1. The molecule has 0 saturated carbocycles. The number of aliphatic hydroxyl groups is 1. The van der Waals surface area contributed by atoms with Gasteiger partial charge in [0.15, 0.2) is 0 Å². The van der Waals surface area contributed by atoms with Gasteiger partial charge in [-0.3, -0.25) is 19.3 Å². The van der Waals surface area contributed by atoms with Crippen LogP contribution in [0.1, 0.15) is 40.5 Å². The standard InChI is InChI=1S/C30H46N4O5S/c1-5-11-32-12-7-9-29(4)23(26(32)36)24-27(37)34(22(20-35)21(3)6-2)25-28(38)33(13-8-10-30(24,25)40-29)15-14-31-16-18-39-19-17-31/h7-10,21-25,35H,5-6,11-20H2,1-4H3/t21-,22-,23+,24-,25?,29-,30-/m0/s1. The zero-order valence-corrected chi connectivity index (χ0v) is 25.3. The first kappa shape index (κ1) is 29.6. The molecule has 0 bridgehead atoms. The number of amides is 3. The molecule has 5 rings (SSSR count). The van der Waals surface area contributed by atoms with Crippen LogP contribution < -0.4 is 0 Å². The fourth-order valence-corrected chi connectivity index (χ4v) is 9.63. The van der Waals surface area contributed by atoms with Crippen LogP contribution in [-0.2, 0) is 19.1 Å². The smallest absolute Gasteiger partial charge is 0.247 e. The summed E-state index contributed by atoms with van der Waals surface area (Å²) in [5.74, 6) is -1.49. The molecule has 7 atom stereocenters. The summed E-state index contributed by atoms with van der Waals surface area (Å²) in [6.07, 6.45) is 9.89. The van der Waals surface area contributed by atoms with Gasteiger partial charge in [0, 0.05) is 50.6 Å². The van der Waals surface area contributed by atoms with E-state index in [1.54, 1.807) is 16.7 Å². The third kappa shape index (κ3) is 4.82. The SMILES string of the molecule is CCCN1CC=C[C@]2(C)S[C@]34C=CCN(CCN5CCOCC5)C(=O)C3N([C@@H](CO)[C@@H](C)CC)C(=O)[C@@H]4[C@@H]2C1=O. The Morgan fingerprint density at radius 2 is 1.65 bits per heavy atom. The predicted octanol–water partition coefficient (Wildman–Crippen LogP) is 1.62. The van der Waals surface area contributed by atoms with E-state index in [-0.39, 0.29) is 30.2 Å². The lowest BCUT2D eigenvalue weighted by Crippen LogP contribution is -2.58. The second-order valence-corrected chi connectivity index (χ2v) is 14.0. The Bertz CT molecular complexity index is 1050. The van der Waals surface area contributed by atoms with Crippen molar-refractivity contribution in [3.8, 4) is 0 Å². The maximum absolute atomic E-state index is 14.6. The summed E-state index contributed by atoms with van der Waals surface area (Å²) in [6, 6.07) is -1.26. The number of aliphatic hydroxyl groups excluding tert-OH is 1. The molecule has 0 aromatic carbocycles. The summed E-state index contributed by atoms with van der Waals surface area (Å²) in [5, 5.41) is 10.6. The van der Waals surface area contributed by atoms with E-state index in [0.29, 0.717) is 39.4 Å². The van der Waals surface area contributed by atoms with Crippen molar-refractivity contribution in [2.75, 3.05) is 65.6 Å². The lowest BCUT2D eigenvalue weighted by Gasteiger charge is -2.41. The maximum Gasteiger partial charge on any atom is 0.247 e. The van der Waals surface area contributed by atoms with Gasteiger partial charge in [-0.15, -0.1) is 11.8 Å².